The Labute approximate surface area is 137 Å². The zero-order valence-corrected chi connectivity index (χ0v) is 14.1. The summed E-state index contributed by atoms with van der Waals surface area (Å²) >= 11 is 0. The van der Waals surface area contributed by atoms with Crippen molar-refractivity contribution in [2.75, 3.05) is 20.8 Å². The maximum atomic E-state index is 12.3. The van der Waals surface area contributed by atoms with Crippen molar-refractivity contribution in [3.8, 4) is 11.5 Å². The van der Waals surface area contributed by atoms with Crippen LogP contribution in [0.25, 0.3) is 0 Å². The van der Waals surface area contributed by atoms with Crippen LogP contribution in [0.5, 0.6) is 11.5 Å². The second-order valence-corrected chi connectivity index (χ2v) is 5.56. The van der Waals surface area contributed by atoms with E-state index in [1.165, 1.54) is 0 Å². The molecule has 23 heavy (non-hydrogen) atoms. The van der Waals surface area contributed by atoms with Crippen LogP contribution in [-0.2, 0) is 4.79 Å². The summed E-state index contributed by atoms with van der Waals surface area (Å²) in [6.07, 6.45) is 0. The molecule has 0 aromatic heterocycles. The van der Waals surface area contributed by atoms with Crippen LogP contribution in [0.2, 0.25) is 0 Å². The Hall–Kier alpha value is -2.49. The van der Waals surface area contributed by atoms with Crippen LogP contribution in [0.1, 0.15) is 24.1 Å². The van der Waals surface area contributed by atoms with E-state index in [1.807, 2.05) is 62.4 Å². The molecule has 4 heteroatoms. The number of hydrogen-bond acceptors (Lipinski definition) is 3. The summed E-state index contributed by atoms with van der Waals surface area (Å²) in [5.74, 6) is 1.45. The van der Waals surface area contributed by atoms with Crippen molar-refractivity contribution < 1.29 is 14.3 Å². The minimum Gasteiger partial charge on any atom is -0.497 e. The van der Waals surface area contributed by atoms with Gasteiger partial charge in [0.1, 0.15) is 11.5 Å². The van der Waals surface area contributed by atoms with Crippen LogP contribution >= 0.6 is 0 Å². The van der Waals surface area contributed by atoms with Crippen LogP contribution in [0.15, 0.2) is 48.5 Å². The van der Waals surface area contributed by atoms with Gasteiger partial charge in [0.2, 0.25) is 0 Å². The average molecular weight is 313 g/mol. The zero-order chi connectivity index (χ0) is 16.8. The lowest BCUT2D eigenvalue weighted by Crippen LogP contribution is -2.33. The molecule has 0 saturated heterocycles. The fourth-order valence-electron chi connectivity index (χ4n) is 2.20. The summed E-state index contributed by atoms with van der Waals surface area (Å²) in [5, 5.41) is 0. The number of benzene rings is 2. The maximum absolute atomic E-state index is 12.3. The largest absolute Gasteiger partial charge is 0.497 e. The van der Waals surface area contributed by atoms with Gasteiger partial charge in [-0.2, -0.15) is 0 Å². The van der Waals surface area contributed by atoms with E-state index in [0.29, 0.717) is 5.75 Å². The Morgan fingerprint density at radius 1 is 1.04 bits per heavy atom. The molecular weight excluding hydrogens is 290 g/mol. The number of nitrogens with zero attached hydrogens (tertiary/aromatic N) is 1. The third kappa shape index (κ3) is 4.49. The standard InChI is InChI=1S/C19H23NO3/c1-14-5-9-18(10-6-14)23-13-19(21)20(3)15(2)16-7-11-17(22-4)12-8-16/h5-12,15H,13H2,1-4H3. The van der Waals surface area contributed by atoms with Crippen molar-refractivity contribution in [1.82, 2.24) is 4.90 Å². The molecule has 0 aliphatic carbocycles. The van der Waals surface area contributed by atoms with Gasteiger partial charge >= 0.3 is 0 Å². The molecule has 122 valence electrons. The van der Waals surface area contributed by atoms with E-state index < -0.39 is 0 Å². The lowest BCUT2D eigenvalue weighted by atomic mass is 10.1. The molecule has 4 nitrogen and oxygen atoms in total. The number of ether oxygens (including phenoxy) is 2. The summed E-state index contributed by atoms with van der Waals surface area (Å²) in [6, 6.07) is 15.4. The molecule has 0 fully saturated rings. The quantitative estimate of drug-likeness (QED) is 0.818. The van der Waals surface area contributed by atoms with Crippen molar-refractivity contribution >= 4 is 5.91 Å². The van der Waals surface area contributed by atoms with Gasteiger partial charge < -0.3 is 14.4 Å². The van der Waals surface area contributed by atoms with E-state index >= 15 is 0 Å². The molecule has 2 rings (SSSR count). The van der Waals surface area contributed by atoms with Crippen molar-refractivity contribution in [2.45, 2.75) is 19.9 Å². The van der Waals surface area contributed by atoms with Crippen molar-refractivity contribution in [1.29, 1.82) is 0 Å². The van der Waals surface area contributed by atoms with Crippen molar-refractivity contribution in [2.24, 2.45) is 0 Å². The molecule has 0 aliphatic rings. The van der Waals surface area contributed by atoms with Crippen LogP contribution in [0.4, 0.5) is 0 Å². The number of rotatable bonds is 6. The third-order valence-corrected chi connectivity index (χ3v) is 3.96. The molecule has 2 aromatic carbocycles. The smallest absolute Gasteiger partial charge is 0.260 e. The molecule has 2 aromatic rings. The van der Waals surface area contributed by atoms with Crippen molar-refractivity contribution in [3.05, 3.63) is 59.7 Å². The predicted octanol–water partition coefficient (Wildman–Crippen LogP) is 3.60. The minimum absolute atomic E-state index is 0.0278. The molecule has 0 bridgehead atoms. The highest BCUT2D eigenvalue weighted by atomic mass is 16.5. The first-order chi connectivity index (χ1) is 11.0. The zero-order valence-electron chi connectivity index (χ0n) is 14.1. The molecule has 0 spiro atoms. The highest BCUT2D eigenvalue weighted by Crippen LogP contribution is 2.22. The van der Waals surface area contributed by atoms with Gasteiger partial charge in [-0.05, 0) is 43.7 Å². The first-order valence-corrected chi connectivity index (χ1v) is 7.60. The first-order valence-electron chi connectivity index (χ1n) is 7.60. The maximum Gasteiger partial charge on any atom is 0.260 e. The van der Waals surface area contributed by atoms with Gasteiger partial charge in [0, 0.05) is 7.05 Å². The normalized spacial score (nSPS) is 11.7. The predicted molar refractivity (Wildman–Crippen MR) is 90.9 cm³/mol. The summed E-state index contributed by atoms with van der Waals surface area (Å²) in [4.78, 5) is 14.0. The summed E-state index contributed by atoms with van der Waals surface area (Å²) in [6.45, 7) is 4.03. The van der Waals surface area contributed by atoms with E-state index in [4.69, 9.17) is 9.47 Å². The second-order valence-electron chi connectivity index (χ2n) is 5.56. The van der Waals surface area contributed by atoms with Crippen LogP contribution < -0.4 is 9.47 Å². The Balaban J connectivity index is 1.93. The molecule has 0 saturated carbocycles. The summed E-state index contributed by atoms with van der Waals surface area (Å²) < 4.78 is 10.7. The number of likely N-dealkylation sites (N-methyl/N-ethyl adjacent to an activating group) is 1. The molecule has 1 unspecified atom stereocenters. The van der Waals surface area contributed by atoms with E-state index in [1.54, 1.807) is 19.1 Å². The number of hydrogen-bond donors (Lipinski definition) is 0. The topological polar surface area (TPSA) is 38.8 Å². The molecular formula is C19H23NO3. The first kappa shape index (κ1) is 16.9. The van der Waals surface area contributed by atoms with E-state index in [2.05, 4.69) is 0 Å². The lowest BCUT2D eigenvalue weighted by Gasteiger charge is -2.25. The van der Waals surface area contributed by atoms with Gasteiger partial charge in [0.15, 0.2) is 6.61 Å². The Morgan fingerprint density at radius 3 is 2.17 bits per heavy atom. The Bertz CT molecular complexity index is 635. The molecule has 0 heterocycles. The number of amides is 1. The SMILES string of the molecule is COc1ccc(C(C)N(C)C(=O)COc2ccc(C)cc2)cc1. The molecule has 1 atom stereocenters. The highest BCUT2D eigenvalue weighted by Gasteiger charge is 2.17. The van der Waals surface area contributed by atoms with E-state index in [-0.39, 0.29) is 18.6 Å². The second kappa shape index (κ2) is 7.68. The summed E-state index contributed by atoms with van der Waals surface area (Å²) in [7, 11) is 3.42. The monoisotopic (exact) mass is 313 g/mol. The van der Waals surface area contributed by atoms with Gasteiger partial charge in [-0.1, -0.05) is 29.8 Å². The molecule has 1 amide bonds. The number of aryl methyl sites for hydroxylation is 1. The molecule has 0 aliphatic heterocycles. The summed E-state index contributed by atoms with van der Waals surface area (Å²) in [5.41, 5.74) is 2.21. The van der Waals surface area contributed by atoms with Gasteiger partial charge in [-0.3, -0.25) is 4.79 Å². The van der Waals surface area contributed by atoms with Gasteiger partial charge in [0.05, 0.1) is 13.2 Å². The van der Waals surface area contributed by atoms with Crippen LogP contribution in [0.3, 0.4) is 0 Å². The number of carbonyl (C=O) groups is 1. The lowest BCUT2D eigenvalue weighted by molar-refractivity contribution is -0.134. The number of methoxy groups -OCH3 is 1. The molecule has 0 radical (unpaired) electrons. The van der Waals surface area contributed by atoms with Crippen LogP contribution in [-0.4, -0.2) is 31.6 Å². The van der Waals surface area contributed by atoms with E-state index in [0.717, 1.165) is 16.9 Å². The van der Waals surface area contributed by atoms with Gasteiger partial charge in [0.25, 0.3) is 5.91 Å². The van der Waals surface area contributed by atoms with Gasteiger partial charge in [-0.15, -0.1) is 0 Å². The fraction of sp³-hybridized carbons (Fsp3) is 0.316. The fourth-order valence-corrected chi connectivity index (χ4v) is 2.20. The minimum atomic E-state index is -0.0612. The third-order valence-electron chi connectivity index (χ3n) is 3.96. The Kier molecular flexibility index (Phi) is 5.63. The highest BCUT2D eigenvalue weighted by molar-refractivity contribution is 5.78. The molecule has 0 N–H and O–H groups in total. The number of carbonyl (C=O) groups excluding carboxylic acids is 1. The average Bonchev–Trinajstić information content (AvgIpc) is 2.59. The van der Waals surface area contributed by atoms with Gasteiger partial charge in [-0.25, -0.2) is 0 Å². The van der Waals surface area contributed by atoms with E-state index in [9.17, 15) is 4.79 Å². The van der Waals surface area contributed by atoms with Crippen LogP contribution in [0, 0.1) is 6.92 Å². The van der Waals surface area contributed by atoms with Crippen molar-refractivity contribution in [3.63, 3.8) is 0 Å². The Morgan fingerprint density at radius 2 is 1.61 bits per heavy atom.